The summed E-state index contributed by atoms with van der Waals surface area (Å²) in [5.74, 6) is 1.84. The van der Waals surface area contributed by atoms with Crippen LogP contribution in [0.25, 0.3) is 0 Å². The van der Waals surface area contributed by atoms with Gasteiger partial charge in [0.1, 0.15) is 5.75 Å². The van der Waals surface area contributed by atoms with Gasteiger partial charge in [-0.25, -0.2) is 8.42 Å². The Labute approximate surface area is 162 Å². The van der Waals surface area contributed by atoms with Crippen molar-refractivity contribution in [3.63, 3.8) is 0 Å². The van der Waals surface area contributed by atoms with E-state index in [-0.39, 0.29) is 16.7 Å². The molecule has 27 heavy (non-hydrogen) atoms. The molecule has 0 aromatic heterocycles. The molecule has 1 aromatic rings. The van der Waals surface area contributed by atoms with Gasteiger partial charge in [0.2, 0.25) is 15.9 Å². The van der Waals surface area contributed by atoms with E-state index in [0.29, 0.717) is 43.5 Å². The molecule has 6 nitrogen and oxygen atoms in total. The lowest BCUT2D eigenvalue weighted by atomic mass is 9.89. The minimum atomic E-state index is -3.53. The van der Waals surface area contributed by atoms with Crippen molar-refractivity contribution in [2.45, 2.75) is 38.0 Å². The molecule has 3 rings (SSSR count). The topological polar surface area (TPSA) is 66.9 Å². The van der Waals surface area contributed by atoms with Gasteiger partial charge in [0.25, 0.3) is 0 Å². The monoisotopic (exact) mass is 394 g/mol. The smallest absolute Gasteiger partial charge is 0.243 e. The van der Waals surface area contributed by atoms with Crippen LogP contribution in [0.2, 0.25) is 0 Å². The Morgan fingerprint density at radius 2 is 1.59 bits per heavy atom. The number of amides is 1. The molecule has 150 valence electrons. The van der Waals surface area contributed by atoms with Crippen molar-refractivity contribution in [2.75, 3.05) is 33.3 Å². The zero-order valence-corrected chi connectivity index (χ0v) is 17.2. The minimum absolute atomic E-state index is 0.0650. The van der Waals surface area contributed by atoms with Gasteiger partial charge in [-0.15, -0.1) is 0 Å². The van der Waals surface area contributed by atoms with Gasteiger partial charge in [0.05, 0.1) is 12.0 Å². The number of sulfonamides is 1. The summed E-state index contributed by atoms with van der Waals surface area (Å²) in [5.41, 5.74) is 0. The van der Waals surface area contributed by atoms with Crippen LogP contribution >= 0.6 is 0 Å². The first kappa shape index (κ1) is 20.1. The third-order valence-corrected chi connectivity index (χ3v) is 7.59. The summed E-state index contributed by atoms with van der Waals surface area (Å²) >= 11 is 0. The largest absolute Gasteiger partial charge is 0.497 e. The van der Waals surface area contributed by atoms with Crippen LogP contribution in [0.1, 0.15) is 33.1 Å². The molecule has 7 heteroatoms. The molecule has 2 aliphatic rings. The van der Waals surface area contributed by atoms with E-state index < -0.39 is 10.0 Å². The summed E-state index contributed by atoms with van der Waals surface area (Å²) in [7, 11) is -1.97. The predicted molar refractivity (Wildman–Crippen MR) is 104 cm³/mol. The van der Waals surface area contributed by atoms with Crippen molar-refractivity contribution >= 4 is 15.9 Å². The molecule has 0 saturated carbocycles. The van der Waals surface area contributed by atoms with E-state index in [4.69, 9.17) is 4.74 Å². The molecule has 0 radical (unpaired) electrons. The quantitative estimate of drug-likeness (QED) is 0.787. The third kappa shape index (κ3) is 4.46. The molecule has 2 saturated heterocycles. The number of carbonyl (C=O) groups excluding carboxylic acids is 1. The first-order valence-corrected chi connectivity index (χ1v) is 11.2. The number of carbonyl (C=O) groups is 1. The summed E-state index contributed by atoms with van der Waals surface area (Å²) in [6.45, 7) is 6.83. The molecule has 0 aliphatic carbocycles. The van der Waals surface area contributed by atoms with Crippen molar-refractivity contribution in [3.8, 4) is 5.75 Å². The van der Waals surface area contributed by atoms with Gasteiger partial charge in [0.15, 0.2) is 0 Å². The van der Waals surface area contributed by atoms with Gasteiger partial charge in [-0.05, 0) is 55.4 Å². The summed E-state index contributed by atoms with van der Waals surface area (Å²) in [6.07, 6.45) is 2.35. The lowest BCUT2D eigenvalue weighted by Gasteiger charge is -2.39. The standard InChI is InChI=1S/C20H30N2O4S/c1-15-12-16(2)14-21(13-15)20(23)17-8-10-22(11-9-17)27(24,25)19-6-4-18(26-3)5-7-19/h4-7,15-17H,8-14H2,1-3H3/t15-,16-/m1/s1. The molecule has 0 unspecified atom stereocenters. The van der Waals surface area contributed by atoms with Crippen LogP contribution in [-0.4, -0.2) is 56.8 Å². The first-order chi connectivity index (χ1) is 12.8. The average Bonchev–Trinajstić information content (AvgIpc) is 2.67. The number of piperidine rings is 2. The third-order valence-electron chi connectivity index (χ3n) is 5.68. The fourth-order valence-corrected chi connectivity index (χ4v) is 5.81. The van der Waals surface area contributed by atoms with E-state index in [1.54, 1.807) is 31.4 Å². The minimum Gasteiger partial charge on any atom is -0.497 e. The number of hydrogen-bond donors (Lipinski definition) is 0. The SMILES string of the molecule is COc1ccc(S(=O)(=O)N2CCC(C(=O)N3C[C@H](C)C[C@@H](C)C3)CC2)cc1. The highest BCUT2D eigenvalue weighted by Gasteiger charge is 2.35. The van der Waals surface area contributed by atoms with Crippen molar-refractivity contribution < 1.29 is 17.9 Å². The molecule has 0 bridgehead atoms. The highest BCUT2D eigenvalue weighted by atomic mass is 32.2. The molecule has 2 atom stereocenters. The zero-order chi connectivity index (χ0) is 19.6. The Hall–Kier alpha value is -1.60. The molecule has 2 aliphatic heterocycles. The lowest BCUT2D eigenvalue weighted by molar-refractivity contribution is -0.139. The molecule has 1 amide bonds. The Bertz CT molecular complexity index is 745. The number of likely N-dealkylation sites (tertiary alicyclic amines) is 1. The molecular weight excluding hydrogens is 364 g/mol. The molecule has 1 aromatic carbocycles. The van der Waals surface area contributed by atoms with Crippen LogP contribution in [0.15, 0.2) is 29.2 Å². The molecule has 0 N–H and O–H groups in total. The maximum absolute atomic E-state index is 12.9. The van der Waals surface area contributed by atoms with Crippen molar-refractivity contribution in [1.82, 2.24) is 9.21 Å². The second-order valence-electron chi connectivity index (χ2n) is 8.04. The van der Waals surface area contributed by atoms with E-state index in [1.165, 1.54) is 10.7 Å². The molecular formula is C20H30N2O4S. The molecule has 2 fully saturated rings. The second-order valence-corrected chi connectivity index (χ2v) is 9.98. The van der Waals surface area contributed by atoms with E-state index in [9.17, 15) is 13.2 Å². The maximum Gasteiger partial charge on any atom is 0.243 e. The van der Waals surface area contributed by atoms with Crippen molar-refractivity contribution in [3.05, 3.63) is 24.3 Å². The van der Waals surface area contributed by atoms with Gasteiger partial charge in [0, 0.05) is 32.1 Å². The Morgan fingerprint density at radius 3 is 2.11 bits per heavy atom. The number of methoxy groups -OCH3 is 1. The van der Waals surface area contributed by atoms with E-state index >= 15 is 0 Å². The molecule has 0 spiro atoms. The number of benzene rings is 1. The van der Waals surface area contributed by atoms with E-state index in [2.05, 4.69) is 13.8 Å². The van der Waals surface area contributed by atoms with Crippen LogP contribution in [0.3, 0.4) is 0 Å². The van der Waals surface area contributed by atoms with Crippen molar-refractivity contribution in [2.24, 2.45) is 17.8 Å². The normalized spacial score (nSPS) is 25.4. The summed E-state index contributed by atoms with van der Waals surface area (Å²) < 4.78 is 32.3. The van der Waals surface area contributed by atoms with Gasteiger partial charge in [-0.1, -0.05) is 13.8 Å². The first-order valence-electron chi connectivity index (χ1n) is 9.74. The highest BCUT2D eigenvalue weighted by Crippen LogP contribution is 2.28. The highest BCUT2D eigenvalue weighted by molar-refractivity contribution is 7.89. The Kier molecular flexibility index (Phi) is 6.11. The van der Waals surface area contributed by atoms with Gasteiger partial charge in [-0.3, -0.25) is 4.79 Å². The fourth-order valence-electron chi connectivity index (χ4n) is 4.34. The molecule has 2 heterocycles. The summed E-state index contributed by atoms with van der Waals surface area (Å²) in [6, 6.07) is 6.45. The Morgan fingerprint density at radius 1 is 1.04 bits per heavy atom. The Balaban J connectivity index is 1.61. The average molecular weight is 395 g/mol. The maximum atomic E-state index is 12.9. The van der Waals surface area contributed by atoms with Gasteiger partial charge < -0.3 is 9.64 Å². The van der Waals surface area contributed by atoms with Crippen LogP contribution in [-0.2, 0) is 14.8 Å². The van der Waals surface area contributed by atoms with E-state index in [0.717, 1.165) is 13.1 Å². The van der Waals surface area contributed by atoms with Crippen LogP contribution in [0.4, 0.5) is 0 Å². The van der Waals surface area contributed by atoms with Crippen LogP contribution < -0.4 is 4.74 Å². The number of ether oxygens (including phenoxy) is 1. The van der Waals surface area contributed by atoms with Gasteiger partial charge >= 0.3 is 0 Å². The summed E-state index contributed by atoms with van der Waals surface area (Å²) in [4.78, 5) is 15.2. The fraction of sp³-hybridized carbons (Fsp3) is 0.650. The van der Waals surface area contributed by atoms with E-state index in [1.807, 2.05) is 4.90 Å². The number of rotatable bonds is 4. The predicted octanol–water partition coefficient (Wildman–Crippen LogP) is 2.60. The van der Waals surface area contributed by atoms with Gasteiger partial charge in [-0.2, -0.15) is 4.31 Å². The van der Waals surface area contributed by atoms with Crippen LogP contribution in [0, 0.1) is 17.8 Å². The zero-order valence-electron chi connectivity index (χ0n) is 16.4. The lowest BCUT2D eigenvalue weighted by Crippen LogP contribution is -2.48. The second kappa shape index (κ2) is 8.19. The number of hydrogen-bond acceptors (Lipinski definition) is 4. The van der Waals surface area contributed by atoms with Crippen LogP contribution in [0.5, 0.6) is 5.75 Å². The number of nitrogens with zero attached hydrogens (tertiary/aromatic N) is 2. The summed E-state index contributed by atoms with van der Waals surface area (Å²) in [5, 5.41) is 0. The van der Waals surface area contributed by atoms with Crippen molar-refractivity contribution in [1.29, 1.82) is 0 Å².